The molecular weight excluding hydrogens is 342 g/mol. The Hall–Kier alpha value is -1.93. The first-order valence-corrected chi connectivity index (χ1v) is 9.95. The average molecular weight is 367 g/mol. The third-order valence-corrected chi connectivity index (χ3v) is 6.35. The van der Waals surface area contributed by atoms with E-state index in [-0.39, 0.29) is 36.5 Å². The molecule has 0 atom stereocenters. The molecule has 0 unspecified atom stereocenters. The molecule has 1 aromatic carbocycles. The highest BCUT2D eigenvalue weighted by Crippen LogP contribution is 2.17. The maximum Gasteiger partial charge on any atom is 0.223 e. The number of primary amides is 1. The van der Waals surface area contributed by atoms with E-state index in [9.17, 15) is 18.0 Å². The average Bonchev–Trinajstić information content (AvgIpc) is 2.60. The molecule has 7 nitrogen and oxygen atoms in total. The van der Waals surface area contributed by atoms with E-state index in [1.165, 1.54) is 11.4 Å². The van der Waals surface area contributed by atoms with Gasteiger partial charge in [-0.3, -0.25) is 9.59 Å². The Morgan fingerprint density at radius 3 is 2.36 bits per heavy atom. The second-order valence-corrected chi connectivity index (χ2v) is 8.56. The number of nitrogens with two attached hydrogens (primary N) is 1. The Morgan fingerprint density at radius 1 is 1.20 bits per heavy atom. The molecular formula is C17H25N3O4S. The van der Waals surface area contributed by atoms with Crippen LogP contribution in [0.5, 0.6) is 0 Å². The summed E-state index contributed by atoms with van der Waals surface area (Å²) < 4.78 is 26.0. The second kappa shape index (κ2) is 8.44. The molecule has 1 aliphatic heterocycles. The Morgan fingerprint density at radius 2 is 1.80 bits per heavy atom. The minimum absolute atomic E-state index is 0.0529. The van der Waals surface area contributed by atoms with Crippen molar-refractivity contribution in [2.24, 2.45) is 11.7 Å². The van der Waals surface area contributed by atoms with E-state index in [4.69, 9.17) is 5.73 Å². The molecule has 8 heteroatoms. The van der Waals surface area contributed by atoms with Crippen molar-refractivity contribution in [3.05, 3.63) is 35.9 Å². The van der Waals surface area contributed by atoms with Gasteiger partial charge < -0.3 is 10.6 Å². The topological polar surface area (TPSA) is 101 Å². The smallest absolute Gasteiger partial charge is 0.223 e. The zero-order valence-corrected chi connectivity index (χ0v) is 15.2. The predicted molar refractivity (Wildman–Crippen MR) is 94.8 cm³/mol. The van der Waals surface area contributed by atoms with Crippen LogP contribution in [-0.4, -0.2) is 55.3 Å². The van der Waals surface area contributed by atoms with Crippen molar-refractivity contribution in [1.82, 2.24) is 9.21 Å². The Balaban J connectivity index is 1.83. The van der Waals surface area contributed by atoms with Gasteiger partial charge in [0.2, 0.25) is 21.8 Å². The summed E-state index contributed by atoms with van der Waals surface area (Å²) in [5.41, 5.74) is 6.17. The van der Waals surface area contributed by atoms with Crippen LogP contribution in [0.3, 0.4) is 0 Å². The van der Waals surface area contributed by atoms with E-state index in [2.05, 4.69) is 0 Å². The van der Waals surface area contributed by atoms with E-state index >= 15 is 0 Å². The molecule has 0 radical (unpaired) electrons. The normalized spacial score (nSPS) is 16.2. The van der Waals surface area contributed by atoms with Crippen LogP contribution in [0.15, 0.2) is 30.3 Å². The fraction of sp³-hybridized carbons (Fsp3) is 0.529. The zero-order valence-electron chi connectivity index (χ0n) is 14.4. The number of carbonyl (C=O) groups is 2. The Kier molecular flexibility index (Phi) is 6.55. The fourth-order valence-corrected chi connectivity index (χ4v) is 3.97. The van der Waals surface area contributed by atoms with Gasteiger partial charge in [-0.15, -0.1) is 0 Å². The van der Waals surface area contributed by atoms with Crippen LogP contribution in [0.1, 0.15) is 24.8 Å². The highest BCUT2D eigenvalue weighted by molar-refractivity contribution is 7.89. The van der Waals surface area contributed by atoms with Crippen molar-refractivity contribution >= 4 is 21.8 Å². The maximum atomic E-state index is 12.4. The lowest BCUT2D eigenvalue weighted by Crippen LogP contribution is -2.42. The van der Waals surface area contributed by atoms with Gasteiger partial charge in [0, 0.05) is 39.0 Å². The van der Waals surface area contributed by atoms with E-state index in [1.54, 1.807) is 4.90 Å². The number of rotatable bonds is 7. The summed E-state index contributed by atoms with van der Waals surface area (Å²) in [5, 5.41) is 0. The van der Waals surface area contributed by atoms with Crippen LogP contribution < -0.4 is 5.73 Å². The second-order valence-electron chi connectivity index (χ2n) is 6.37. The number of benzene rings is 1. The van der Waals surface area contributed by atoms with Crippen molar-refractivity contribution in [2.75, 3.05) is 25.9 Å². The first kappa shape index (κ1) is 19.4. The first-order valence-electron chi connectivity index (χ1n) is 8.34. The minimum atomic E-state index is -3.50. The van der Waals surface area contributed by atoms with Crippen LogP contribution in [0.2, 0.25) is 0 Å². The fourth-order valence-electron chi connectivity index (χ4n) is 2.88. The summed E-state index contributed by atoms with van der Waals surface area (Å²) in [7, 11) is -1.99. The summed E-state index contributed by atoms with van der Waals surface area (Å²) in [4.78, 5) is 25.0. The van der Waals surface area contributed by atoms with E-state index < -0.39 is 10.0 Å². The molecule has 0 aromatic heterocycles. The van der Waals surface area contributed by atoms with Crippen molar-refractivity contribution < 1.29 is 18.0 Å². The summed E-state index contributed by atoms with van der Waals surface area (Å²) in [5.74, 6) is -0.938. The standard InChI is InChI=1S/C17H25N3O4S/c1-19(13-14-5-3-2-4-6-14)25(23,24)12-9-16(21)20-10-7-15(8-11-20)17(18)22/h2-6,15H,7-13H2,1H3,(H2,18,22). The van der Waals surface area contributed by atoms with E-state index in [0.29, 0.717) is 25.9 Å². The van der Waals surface area contributed by atoms with E-state index in [0.717, 1.165) is 5.56 Å². The van der Waals surface area contributed by atoms with Crippen molar-refractivity contribution in [1.29, 1.82) is 0 Å². The Labute approximate surface area is 148 Å². The molecule has 0 aliphatic carbocycles. The van der Waals surface area contributed by atoms with Crippen molar-refractivity contribution in [3.63, 3.8) is 0 Å². The lowest BCUT2D eigenvalue weighted by atomic mass is 9.96. The lowest BCUT2D eigenvalue weighted by Gasteiger charge is -2.30. The van der Waals surface area contributed by atoms with Crippen molar-refractivity contribution in [2.45, 2.75) is 25.8 Å². The van der Waals surface area contributed by atoms with Crippen LogP contribution in [0.4, 0.5) is 0 Å². The SMILES string of the molecule is CN(Cc1ccccc1)S(=O)(=O)CCC(=O)N1CCC(C(N)=O)CC1. The largest absolute Gasteiger partial charge is 0.369 e. The minimum Gasteiger partial charge on any atom is -0.369 e. The molecule has 0 spiro atoms. The van der Waals surface area contributed by atoms with Crippen LogP contribution in [0.25, 0.3) is 0 Å². The number of likely N-dealkylation sites (tertiary alicyclic amines) is 1. The summed E-state index contributed by atoms with van der Waals surface area (Å²) in [6, 6.07) is 9.31. The van der Waals surface area contributed by atoms with Gasteiger partial charge in [0.05, 0.1) is 5.75 Å². The highest BCUT2D eigenvalue weighted by atomic mass is 32.2. The molecule has 2 rings (SSSR count). The Bertz CT molecular complexity index is 698. The van der Waals surface area contributed by atoms with Crippen LogP contribution in [-0.2, 0) is 26.2 Å². The number of piperidine rings is 1. The first-order chi connectivity index (χ1) is 11.8. The molecule has 1 aliphatic rings. The van der Waals surface area contributed by atoms with Gasteiger partial charge >= 0.3 is 0 Å². The molecule has 2 N–H and O–H groups in total. The predicted octanol–water partition coefficient (Wildman–Crippen LogP) is 0.562. The number of sulfonamides is 1. The highest BCUT2D eigenvalue weighted by Gasteiger charge is 2.27. The number of nitrogens with zero attached hydrogens (tertiary/aromatic N) is 2. The maximum absolute atomic E-state index is 12.4. The third-order valence-electron chi connectivity index (χ3n) is 4.55. The molecule has 1 aromatic rings. The molecule has 1 saturated heterocycles. The number of hydrogen-bond acceptors (Lipinski definition) is 4. The van der Waals surface area contributed by atoms with Gasteiger partial charge in [0.15, 0.2) is 0 Å². The van der Waals surface area contributed by atoms with Gasteiger partial charge in [-0.1, -0.05) is 30.3 Å². The molecule has 25 heavy (non-hydrogen) atoms. The lowest BCUT2D eigenvalue weighted by molar-refractivity contribution is -0.134. The quantitative estimate of drug-likeness (QED) is 0.761. The number of hydrogen-bond donors (Lipinski definition) is 1. The van der Waals surface area contributed by atoms with Gasteiger partial charge in [-0.2, -0.15) is 0 Å². The molecule has 1 fully saturated rings. The van der Waals surface area contributed by atoms with E-state index in [1.807, 2.05) is 30.3 Å². The molecule has 0 bridgehead atoms. The third kappa shape index (κ3) is 5.54. The number of carbonyl (C=O) groups excluding carboxylic acids is 2. The molecule has 0 saturated carbocycles. The van der Waals surface area contributed by atoms with Crippen LogP contribution in [0, 0.1) is 5.92 Å². The van der Waals surface area contributed by atoms with Gasteiger partial charge in [-0.05, 0) is 18.4 Å². The van der Waals surface area contributed by atoms with Crippen molar-refractivity contribution in [3.8, 4) is 0 Å². The van der Waals surface area contributed by atoms with Gasteiger partial charge in [0.25, 0.3) is 0 Å². The van der Waals surface area contributed by atoms with Gasteiger partial charge in [-0.25, -0.2) is 12.7 Å². The summed E-state index contributed by atoms with van der Waals surface area (Å²) in [6.45, 7) is 1.18. The summed E-state index contributed by atoms with van der Waals surface area (Å²) >= 11 is 0. The molecule has 138 valence electrons. The number of amides is 2. The monoisotopic (exact) mass is 367 g/mol. The summed E-state index contributed by atoms with van der Waals surface area (Å²) in [6.07, 6.45) is 1.03. The zero-order chi connectivity index (χ0) is 18.4. The van der Waals surface area contributed by atoms with Gasteiger partial charge in [0.1, 0.15) is 0 Å². The molecule has 2 amide bonds. The molecule has 1 heterocycles. The van der Waals surface area contributed by atoms with Crippen LogP contribution >= 0.6 is 0 Å².